The monoisotopic (exact) mass is 453 g/mol. The molecule has 0 spiro atoms. The van der Waals surface area contributed by atoms with Crippen LogP contribution in [0.3, 0.4) is 0 Å². The van der Waals surface area contributed by atoms with Crippen LogP contribution in [-0.2, 0) is 19.3 Å². The van der Waals surface area contributed by atoms with Crippen LogP contribution in [0.2, 0.25) is 0 Å². The van der Waals surface area contributed by atoms with Crippen molar-refractivity contribution in [2.45, 2.75) is 31.7 Å². The van der Waals surface area contributed by atoms with Crippen LogP contribution in [0.25, 0.3) is 11.1 Å². The number of aryl methyl sites for hydroxylation is 1. The van der Waals surface area contributed by atoms with Crippen LogP contribution < -0.4 is 9.47 Å². The fourth-order valence-electron chi connectivity index (χ4n) is 4.57. The number of ether oxygens (including phenoxy) is 2. The standard InChI is InChI=1S/C27H31NO3.ClH/c1-28-16-15-20-10-13-23(30-2)18-24(20)26-21(11-14-25(31-3)27(26)29)17-22(28)12-9-19-7-5-4-6-8-19;/h4-8,10-11,13-14,18,22,29H,9,12,15-17H2,1-3H3;1H. The molecule has 4 nitrogen and oxygen atoms in total. The molecule has 1 aliphatic heterocycles. The first-order valence-corrected chi connectivity index (χ1v) is 10.9. The summed E-state index contributed by atoms with van der Waals surface area (Å²) >= 11 is 0. The van der Waals surface area contributed by atoms with E-state index in [1.807, 2.05) is 18.2 Å². The predicted molar refractivity (Wildman–Crippen MR) is 132 cm³/mol. The van der Waals surface area contributed by atoms with Crippen molar-refractivity contribution >= 4 is 12.4 Å². The lowest BCUT2D eigenvalue weighted by Crippen LogP contribution is -2.35. The van der Waals surface area contributed by atoms with Crippen molar-refractivity contribution in [3.8, 4) is 28.4 Å². The van der Waals surface area contributed by atoms with Crippen molar-refractivity contribution in [3.05, 3.63) is 77.4 Å². The Morgan fingerprint density at radius 2 is 1.72 bits per heavy atom. The van der Waals surface area contributed by atoms with E-state index in [-0.39, 0.29) is 18.2 Å². The molecule has 0 fully saturated rings. The third-order valence-corrected chi connectivity index (χ3v) is 6.46. The van der Waals surface area contributed by atoms with E-state index in [2.05, 4.69) is 54.4 Å². The summed E-state index contributed by atoms with van der Waals surface area (Å²) in [6, 6.07) is 21.2. The molecular weight excluding hydrogens is 422 g/mol. The van der Waals surface area contributed by atoms with E-state index in [1.54, 1.807) is 14.2 Å². The van der Waals surface area contributed by atoms with E-state index in [0.29, 0.717) is 11.8 Å². The molecule has 3 aromatic rings. The summed E-state index contributed by atoms with van der Waals surface area (Å²) in [5.74, 6) is 1.50. The van der Waals surface area contributed by atoms with Gasteiger partial charge in [0.05, 0.1) is 14.2 Å². The number of benzene rings is 3. The van der Waals surface area contributed by atoms with E-state index in [0.717, 1.165) is 54.7 Å². The molecule has 0 saturated carbocycles. The van der Waals surface area contributed by atoms with Crippen molar-refractivity contribution in [2.24, 2.45) is 0 Å². The van der Waals surface area contributed by atoms with E-state index < -0.39 is 0 Å². The van der Waals surface area contributed by atoms with Crippen molar-refractivity contribution in [3.63, 3.8) is 0 Å². The van der Waals surface area contributed by atoms with Crippen LogP contribution in [0.15, 0.2) is 60.7 Å². The lowest BCUT2D eigenvalue weighted by molar-refractivity contribution is 0.232. The Morgan fingerprint density at radius 3 is 2.44 bits per heavy atom. The molecule has 4 rings (SSSR count). The van der Waals surface area contributed by atoms with Gasteiger partial charge in [-0.2, -0.15) is 0 Å². The van der Waals surface area contributed by atoms with Gasteiger partial charge in [-0.15, -0.1) is 12.4 Å². The van der Waals surface area contributed by atoms with Gasteiger partial charge in [0.25, 0.3) is 0 Å². The van der Waals surface area contributed by atoms with Crippen LogP contribution in [0, 0.1) is 0 Å². The Labute approximate surface area is 197 Å². The molecule has 1 unspecified atom stereocenters. The van der Waals surface area contributed by atoms with E-state index in [9.17, 15) is 5.11 Å². The average molecular weight is 454 g/mol. The van der Waals surface area contributed by atoms with Crippen LogP contribution in [-0.4, -0.2) is 43.9 Å². The fourth-order valence-corrected chi connectivity index (χ4v) is 4.57. The quantitative estimate of drug-likeness (QED) is 0.551. The van der Waals surface area contributed by atoms with E-state index in [1.165, 1.54) is 11.1 Å². The SMILES string of the molecule is COc1ccc2c(c1)-c1c(ccc(OC)c1O)CC(CCc1ccccc1)N(C)CC2.Cl. The van der Waals surface area contributed by atoms with Crippen molar-refractivity contribution in [1.29, 1.82) is 0 Å². The zero-order valence-corrected chi connectivity index (χ0v) is 19.8. The van der Waals surface area contributed by atoms with Crippen LogP contribution in [0.5, 0.6) is 17.2 Å². The van der Waals surface area contributed by atoms with Crippen LogP contribution in [0.4, 0.5) is 0 Å². The number of aromatic hydroxyl groups is 1. The van der Waals surface area contributed by atoms with Gasteiger partial charge in [0.1, 0.15) is 5.75 Å². The number of nitrogens with zero attached hydrogens (tertiary/aromatic N) is 1. The minimum atomic E-state index is 0. The summed E-state index contributed by atoms with van der Waals surface area (Å²) in [5.41, 5.74) is 5.61. The first-order chi connectivity index (χ1) is 15.1. The molecule has 170 valence electrons. The molecule has 3 aromatic carbocycles. The number of methoxy groups -OCH3 is 2. The smallest absolute Gasteiger partial charge is 0.165 e. The first-order valence-electron chi connectivity index (χ1n) is 10.9. The summed E-state index contributed by atoms with van der Waals surface area (Å²) in [5, 5.41) is 11.1. The molecule has 5 heteroatoms. The highest BCUT2D eigenvalue weighted by Gasteiger charge is 2.25. The number of likely N-dealkylation sites (N-methyl/N-ethyl adjacent to an activating group) is 1. The van der Waals surface area contributed by atoms with Gasteiger partial charge >= 0.3 is 0 Å². The van der Waals surface area contributed by atoms with Crippen molar-refractivity contribution < 1.29 is 14.6 Å². The second-order valence-corrected chi connectivity index (χ2v) is 8.29. The highest BCUT2D eigenvalue weighted by Crippen LogP contribution is 2.43. The van der Waals surface area contributed by atoms with Crippen molar-refractivity contribution in [1.82, 2.24) is 4.90 Å². The molecular formula is C27H32ClNO3. The average Bonchev–Trinajstić information content (AvgIpc) is 2.86. The third kappa shape index (κ3) is 5.03. The van der Waals surface area contributed by atoms with Gasteiger partial charge in [-0.25, -0.2) is 0 Å². The Balaban J connectivity index is 0.00000289. The molecule has 1 heterocycles. The lowest BCUT2D eigenvalue weighted by atomic mass is 9.89. The molecule has 0 saturated heterocycles. The lowest BCUT2D eigenvalue weighted by Gasteiger charge is -2.28. The minimum Gasteiger partial charge on any atom is -0.504 e. The van der Waals surface area contributed by atoms with Crippen molar-refractivity contribution in [2.75, 3.05) is 27.8 Å². The molecule has 0 aliphatic carbocycles. The molecule has 1 atom stereocenters. The zero-order valence-electron chi connectivity index (χ0n) is 19.0. The second kappa shape index (κ2) is 10.8. The maximum absolute atomic E-state index is 11.1. The zero-order chi connectivity index (χ0) is 21.8. The fraction of sp³-hybridized carbons (Fsp3) is 0.333. The van der Waals surface area contributed by atoms with Gasteiger partial charge in [0.2, 0.25) is 0 Å². The minimum absolute atomic E-state index is 0. The maximum Gasteiger partial charge on any atom is 0.165 e. The normalized spacial score (nSPS) is 15.9. The first kappa shape index (κ1) is 24.0. The highest BCUT2D eigenvalue weighted by molar-refractivity contribution is 5.85. The Hall–Kier alpha value is -2.69. The number of hydrogen-bond donors (Lipinski definition) is 1. The van der Waals surface area contributed by atoms with Gasteiger partial charge in [0, 0.05) is 18.2 Å². The Bertz CT molecular complexity index is 1040. The van der Waals surface area contributed by atoms with E-state index >= 15 is 0 Å². The number of halogens is 1. The Morgan fingerprint density at radius 1 is 0.969 bits per heavy atom. The molecule has 0 bridgehead atoms. The summed E-state index contributed by atoms with van der Waals surface area (Å²) in [6.45, 7) is 0.963. The van der Waals surface area contributed by atoms with Gasteiger partial charge in [-0.3, -0.25) is 0 Å². The summed E-state index contributed by atoms with van der Waals surface area (Å²) in [6.07, 6.45) is 3.88. The predicted octanol–water partition coefficient (Wildman–Crippen LogP) is 5.53. The van der Waals surface area contributed by atoms with Crippen LogP contribution in [0.1, 0.15) is 23.1 Å². The molecule has 1 aliphatic rings. The Kier molecular flexibility index (Phi) is 8.05. The number of hydrogen-bond acceptors (Lipinski definition) is 4. The van der Waals surface area contributed by atoms with E-state index in [4.69, 9.17) is 9.47 Å². The third-order valence-electron chi connectivity index (χ3n) is 6.46. The van der Waals surface area contributed by atoms with Gasteiger partial charge in [-0.1, -0.05) is 42.5 Å². The maximum atomic E-state index is 11.1. The summed E-state index contributed by atoms with van der Waals surface area (Å²) < 4.78 is 10.9. The van der Waals surface area contributed by atoms with Gasteiger partial charge in [-0.05, 0) is 73.2 Å². The molecule has 0 aromatic heterocycles. The van der Waals surface area contributed by atoms with Crippen LogP contribution >= 0.6 is 12.4 Å². The molecule has 32 heavy (non-hydrogen) atoms. The number of fused-ring (bicyclic) bond motifs is 3. The van der Waals surface area contributed by atoms with Gasteiger partial charge < -0.3 is 19.5 Å². The molecule has 0 radical (unpaired) electrons. The highest BCUT2D eigenvalue weighted by atomic mass is 35.5. The van der Waals surface area contributed by atoms with Gasteiger partial charge in [0.15, 0.2) is 11.5 Å². The second-order valence-electron chi connectivity index (χ2n) is 8.29. The number of rotatable bonds is 5. The summed E-state index contributed by atoms with van der Waals surface area (Å²) in [7, 11) is 5.49. The topological polar surface area (TPSA) is 41.9 Å². The summed E-state index contributed by atoms with van der Waals surface area (Å²) in [4.78, 5) is 2.47. The number of phenols is 1. The number of phenolic OH excluding ortho intramolecular Hbond substituents is 1. The molecule has 1 N–H and O–H groups in total. The largest absolute Gasteiger partial charge is 0.504 e. The molecule has 0 amide bonds.